The Morgan fingerprint density at radius 1 is 1.23 bits per heavy atom. The molecule has 0 aliphatic heterocycles. The number of ketones is 1. The molecule has 0 saturated heterocycles. The smallest absolute Gasteiger partial charge is 0.221 e. The minimum absolute atomic E-state index is 0.216. The summed E-state index contributed by atoms with van der Waals surface area (Å²) in [7, 11) is 0. The lowest BCUT2D eigenvalue weighted by atomic mass is 10.0. The summed E-state index contributed by atoms with van der Waals surface area (Å²) in [6.07, 6.45) is 3.30. The number of aromatic nitrogens is 1. The Morgan fingerprint density at radius 3 is 2.73 bits per heavy atom. The molecule has 0 unspecified atom stereocenters. The van der Waals surface area contributed by atoms with Gasteiger partial charge in [-0.15, -0.1) is 11.3 Å². The van der Waals surface area contributed by atoms with Gasteiger partial charge in [-0.25, -0.2) is 0 Å². The number of benzene rings is 1. The number of rotatable bonds is 3. The van der Waals surface area contributed by atoms with Crippen molar-refractivity contribution < 1.29 is 9.59 Å². The highest BCUT2D eigenvalue weighted by molar-refractivity contribution is 7.23. The summed E-state index contributed by atoms with van der Waals surface area (Å²) >= 11 is 7.45. The quantitative estimate of drug-likeness (QED) is 0.734. The number of thiophene rings is 1. The number of pyridine rings is 1. The van der Waals surface area contributed by atoms with E-state index >= 15 is 0 Å². The summed E-state index contributed by atoms with van der Waals surface area (Å²) in [5, 5.41) is 4.38. The molecule has 4 nitrogen and oxygen atoms in total. The minimum Gasteiger partial charge on any atom is -0.317 e. The van der Waals surface area contributed by atoms with Crippen LogP contribution in [-0.2, 0) is 4.79 Å². The molecule has 0 bridgehead atoms. The Kier molecular flexibility index (Phi) is 3.92. The first kappa shape index (κ1) is 14.7. The van der Waals surface area contributed by atoms with E-state index in [0.717, 1.165) is 10.1 Å². The number of halogens is 1. The predicted octanol–water partition coefficient (Wildman–Crippen LogP) is 4.14. The third kappa shape index (κ3) is 2.61. The van der Waals surface area contributed by atoms with Gasteiger partial charge in [0.25, 0.3) is 0 Å². The van der Waals surface area contributed by atoms with Gasteiger partial charge in [-0.2, -0.15) is 0 Å². The van der Waals surface area contributed by atoms with Crippen molar-refractivity contribution in [2.24, 2.45) is 0 Å². The molecule has 0 aliphatic carbocycles. The number of hydrogen-bond donors (Lipinski definition) is 1. The van der Waals surface area contributed by atoms with Crippen molar-refractivity contribution in [1.29, 1.82) is 0 Å². The predicted molar refractivity (Wildman–Crippen MR) is 88.8 cm³/mol. The first-order chi connectivity index (χ1) is 10.6. The number of anilines is 1. The lowest BCUT2D eigenvalue weighted by Gasteiger charge is -2.06. The van der Waals surface area contributed by atoms with Crippen molar-refractivity contribution in [3.05, 3.63) is 58.9 Å². The summed E-state index contributed by atoms with van der Waals surface area (Å²) in [5.41, 5.74) is 0.859. The topological polar surface area (TPSA) is 59.1 Å². The second kappa shape index (κ2) is 5.87. The zero-order chi connectivity index (χ0) is 15.7. The van der Waals surface area contributed by atoms with Crippen molar-refractivity contribution in [2.75, 3.05) is 5.32 Å². The monoisotopic (exact) mass is 330 g/mol. The number of carbonyl (C=O) groups is 2. The summed E-state index contributed by atoms with van der Waals surface area (Å²) in [5.74, 6) is -0.445. The van der Waals surface area contributed by atoms with Crippen molar-refractivity contribution in [3.8, 4) is 0 Å². The van der Waals surface area contributed by atoms with E-state index in [1.807, 2.05) is 0 Å². The van der Waals surface area contributed by atoms with Crippen LogP contribution in [0, 0.1) is 0 Å². The highest BCUT2D eigenvalue weighted by Crippen LogP contribution is 2.37. The van der Waals surface area contributed by atoms with Crippen LogP contribution < -0.4 is 5.32 Å². The van der Waals surface area contributed by atoms with Crippen LogP contribution in [0.5, 0.6) is 0 Å². The number of amides is 1. The van der Waals surface area contributed by atoms with Gasteiger partial charge in [-0.05, 0) is 18.2 Å². The van der Waals surface area contributed by atoms with E-state index in [1.165, 1.54) is 18.3 Å². The van der Waals surface area contributed by atoms with Gasteiger partial charge >= 0.3 is 0 Å². The lowest BCUT2D eigenvalue weighted by Crippen LogP contribution is -2.10. The van der Waals surface area contributed by atoms with Crippen LogP contribution in [0.15, 0.2) is 42.7 Å². The molecular formula is C16H11ClN2O2S. The van der Waals surface area contributed by atoms with Gasteiger partial charge in [-0.1, -0.05) is 23.7 Å². The number of hydrogen-bond acceptors (Lipinski definition) is 4. The molecule has 1 amide bonds. The van der Waals surface area contributed by atoms with Gasteiger partial charge in [0.2, 0.25) is 5.91 Å². The van der Waals surface area contributed by atoms with Gasteiger partial charge in [0.15, 0.2) is 5.78 Å². The molecule has 0 spiro atoms. The van der Waals surface area contributed by atoms with Crippen LogP contribution in [0.3, 0.4) is 0 Å². The molecule has 0 radical (unpaired) electrons. The highest BCUT2D eigenvalue weighted by Gasteiger charge is 2.22. The van der Waals surface area contributed by atoms with Gasteiger partial charge < -0.3 is 5.32 Å². The van der Waals surface area contributed by atoms with E-state index in [1.54, 1.807) is 42.7 Å². The molecule has 0 fully saturated rings. The van der Waals surface area contributed by atoms with Crippen LogP contribution in [0.1, 0.15) is 22.8 Å². The molecule has 0 aliphatic rings. The number of fused-ring (bicyclic) bond motifs is 1. The van der Waals surface area contributed by atoms with E-state index in [-0.39, 0.29) is 11.7 Å². The van der Waals surface area contributed by atoms with Crippen LogP contribution >= 0.6 is 22.9 Å². The van der Waals surface area contributed by atoms with E-state index in [9.17, 15) is 9.59 Å². The molecule has 0 atom stereocenters. The largest absolute Gasteiger partial charge is 0.317 e. The molecule has 2 heterocycles. The maximum absolute atomic E-state index is 12.9. The second-order valence-corrected chi connectivity index (χ2v) is 6.13. The molecule has 3 rings (SSSR count). The van der Waals surface area contributed by atoms with Crippen LogP contribution in [0.25, 0.3) is 10.1 Å². The SMILES string of the molecule is CC(=O)Nc1sc2cnccc2c1C(=O)c1ccccc1Cl. The molecule has 3 aromatic rings. The second-order valence-electron chi connectivity index (χ2n) is 4.67. The van der Waals surface area contributed by atoms with Gasteiger partial charge in [0.05, 0.1) is 15.3 Å². The summed E-state index contributed by atoms with van der Waals surface area (Å²) in [4.78, 5) is 28.4. The van der Waals surface area contributed by atoms with E-state index < -0.39 is 0 Å². The van der Waals surface area contributed by atoms with Crippen LogP contribution in [-0.4, -0.2) is 16.7 Å². The lowest BCUT2D eigenvalue weighted by molar-refractivity contribution is -0.114. The van der Waals surface area contributed by atoms with E-state index in [2.05, 4.69) is 10.3 Å². The third-order valence-corrected chi connectivity index (χ3v) is 4.51. The zero-order valence-corrected chi connectivity index (χ0v) is 13.2. The Labute approximate surface area is 135 Å². The Hall–Kier alpha value is -2.24. The van der Waals surface area contributed by atoms with Gasteiger partial charge in [0, 0.05) is 30.3 Å². The Morgan fingerprint density at radius 2 is 2.00 bits per heavy atom. The van der Waals surface area contributed by atoms with E-state index in [0.29, 0.717) is 21.2 Å². The maximum Gasteiger partial charge on any atom is 0.221 e. The standard InChI is InChI=1S/C16H11ClN2O2S/c1-9(20)19-16-14(11-6-7-18-8-13(11)22-16)15(21)10-4-2-3-5-12(10)17/h2-8H,1H3,(H,19,20). The normalized spacial score (nSPS) is 10.6. The number of carbonyl (C=O) groups excluding carboxylic acids is 2. The Bertz CT molecular complexity index is 889. The molecular weight excluding hydrogens is 320 g/mol. The molecule has 6 heteroatoms. The maximum atomic E-state index is 12.9. The molecule has 1 N–H and O–H groups in total. The molecule has 1 aromatic carbocycles. The molecule has 0 saturated carbocycles. The summed E-state index contributed by atoms with van der Waals surface area (Å²) < 4.78 is 0.835. The fourth-order valence-electron chi connectivity index (χ4n) is 2.20. The summed E-state index contributed by atoms with van der Waals surface area (Å²) in [6, 6.07) is 8.63. The average molecular weight is 331 g/mol. The van der Waals surface area contributed by atoms with Crippen molar-refractivity contribution in [1.82, 2.24) is 4.98 Å². The first-order valence-corrected chi connectivity index (χ1v) is 7.70. The number of nitrogens with zero attached hydrogens (tertiary/aromatic N) is 1. The zero-order valence-electron chi connectivity index (χ0n) is 11.6. The molecule has 110 valence electrons. The van der Waals surface area contributed by atoms with Crippen LogP contribution in [0.4, 0.5) is 5.00 Å². The van der Waals surface area contributed by atoms with Crippen molar-refractivity contribution >= 4 is 49.7 Å². The van der Waals surface area contributed by atoms with Crippen molar-refractivity contribution in [3.63, 3.8) is 0 Å². The fourth-order valence-corrected chi connectivity index (χ4v) is 3.54. The van der Waals surface area contributed by atoms with E-state index in [4.69, 9.17) is 11.6 Å². The van der Waals surface area contributed by atoms with Gasteiger partial charge in [-0.3, -0.25) is 14.6 Å². The van der Waals surface area contributed by atoms with Crippen LogP contribution in [0.2, 0.25) is 5.02 Å². The van der Waals surface area contributed by atoms with Gasteiger partial charge in [0.1, 0.15) is 5.00 Å². The molecule has 2 aromatic heterocycles. The Balaban J connectivity index is 2.22. The third-order valence-electron chi connectivity index (χ3n) is 3.13. The minimum atomic E-state index is -0.229. The number of nitrogens with one attached hydrogen (secondary N) is 1. The first-order valence-electron chi connectivity index (χ1n) is 6.51. The highest BCUT2D eigenvalue weighted by atomic mass is 35.5. The summed E-state index contributed by atoms with van der Waals surface area (Å²) in [6.45, 7) is 1.41. The fraction of sp³-hybridized carbons (Fsp3) is 0.0625. The molecule has 22 heavy (non-hydrogen) atoms. The average Bonchev–Trinajstić information content (AvgIpc) is 2.84. The van der Waals surface area contributed by atoms with Crippen molar-refractivity contribution in [2.45, 2.75) is 6.92 Å².